The molecule has 0 spiro atoms. The molecular formula is C11H22N4S. The Balaban J connectivity index is 2.55. The van der Waals surface area contributed by atoms with Gasteiger partial charge in [-0.05, 0) is 33.4 Å². The molecule has 0 aliphatic carbocycles. The zero-order valence-electron chi connectivity index (χ0n) is 10.8. The van der Waals surface area contributed by atoms with Crippen LogP contribution >= 0.6 is 11.3 Å². The van der Waals surface area contributed by atoms with Crippen LogP contribution in [0.1, 0.15) is 25.3 Å². The van der Waals surface area contributed by atoms with Crippen molar-refractivity contribution in [2.45, 2.75) is 33.2 Å². The number of hydrogen-bond donors (Lipinski definition) is 1. The van der Waals surface area contributed by atoms with Crippen LogP contribution in [-0.4, -0.2) is 41.8 Å². The molecule has 16 heavy (non-hydrogen) atoms. The number of hydrogen-bond acceptors (Lipinski definition) is 5. The van der Waals surface area contributed by atoms with Crippen molar-refractivity contribution < 1.29 is 0 Å². The van der Waals surface area contributed by atoms with E-state index in [-0.39, 0.29) is 0 Å². The number of nitrogens with zero attached hydrogens (tertiary/aromatic N) is 3. The normalized spacial score (nSPS) is 13.4. The van der Waals surface area contributed by atoms with E-state index in [4.69, 9.17) is 0 Å². The number of rotatable bonds is 6. The molecule has 0 aliphatic heterocycles. The Morgan fingerprint density at radius 3 is 2.44 bits per heavy atom. The molecule has 1 aromatic heterocycles. The standard InChI is InChI=1S/C11H22N4S/c1-8(2)6-10(7-15(4)5)12-11-14-13-9(3)16-11/h8,10H,6-7H2,1-5H3,(H,12,14). The van der Waals surface area contributed by atoms with E-state index in [9.17, 15) is 0 Å². The van der Waals surface area contributed by atoms with Crippen LogP contribution in [0.25, 0.3) is 0 Å². The van der Waals surface area contributed by atoms with E-state index in [1.54, 1.807) is 11.3 Å². The summed E-state index contributed by atoms with van der Waals surface area (Å²) in [5.41, 5.74) is 0. The molecule has 1 heterocycles. The maximum atomic E-state index is 4.11. The zero-order chi connectivity index (χ0) is 12.1. The van der Waals surface area contributed by atoms with Gasteiger partial charge in [-0.25, -0.2) is 0 Å². The first kappa shape index (κ1) is 13.4. The van der Waals surface area contributed by atoms with E-state index in [0.29, 0.717) is 12.0 Å². The van der Waals surface area contributed by atoms with Gasteiger partial charge >= 0.3 is 0 Å². The molecule has 0 fully saturated rings. The molecule has 1 aromatic rings. The number of anilines is 1. The Morgan fingerprint density at radius 1 is 1.31 bits per heavy atom. The molecule has 0 aliphatic rings. The molecule has 4 nitrogen and oxygen atoms in total. The minimum Gasteiger partial charge on any atom is -0.356 e. The van der Waals surface area contributed by atoms with Crippen molar-refractivity contribution in [1.82, 2.24) is 15.1 Å². The van der Waals surface area contributed by atoms with Crippen molar-refractivity contribution in [3.05, 3.63) is 5.01 Å². The third kappa shape index (κ3) is 4.90. The second-order valence-corrected chi connectivity index (χ2v) is 6.04. The van der Waals surface area contributed by atoms with Crippen LogP contribution < -0.4 is 5.32 Å². The number of aromatic nitrogens is 2. The van der Waals surface area contributed by atoms with Crippen LogP contribution in [0.2, 0.25) is 0 Å². The van der Waals surface area contributed by atoms with Gasteiger partial charge < -0.3 is 10.2 Å². The molecule has 1 unspecified atom stereocenters. The maximum Gasteiger partial charge on any atom is 0.205 e. The molecule has 0 radical (unpaired) electrons. The fraction of sp³-hybridized carbons (Fsp3) is 0.818. The lowest BCUT2D eigenvalue weighted by Gasteiger charge is -2.23. The van der Waals surface area contributed by atoms with E-state index in [2.05, 4.69) is 48.4 Å². The monoisotopic (exact) mass is 242 g/mol. The second-order valence-electron chi connectivity index (χ2n) is 4.86. The van der Waals surface area contributed by atoms with Crippen LogP contribution in [0.15, 0.2) is 0 Å². The van der Waals surface area contributed by atoms with Crippen LogP contribution in [0, 0.1) is 12.8 Å². The average molecular weight is 242 g/mol. The summed E-state index contributed by atoms with van der Waals surface area (Å²) in [5, 5.41) is 13.5. The van der Waals surface area contributed by atoms with Gasteiger partial charge in [0.25, 0.3) is 0 Å². The first-order valence-electron chi connectivity index (χ1n) is 5.68. The zero-order valence-corrected chi connectivity index (χ0v) is 11.6. The van der Waals surface area contributed by atoms with E-state index in [1.807, 2.05) is 6.92 Å². The van der Waals surface area contributed by atoms with Gasteiger partial charge in [0.2, 0.25) is 5.13 Å². The molecule has 1 N–H and O–H groups in total. The van der Waals surface area contributed by atoms with E-state index < -0.39 is 0 Å². The minimum atomic E-state index is 0.447. The predicted octanol–water partition coefficient (Wildman–Crippen LogP) is 2.23. The van der Waals surface area contributed by atoms with Gasteiger partial charge in [0.15, 0.2) is 0 Å². The lowest BCUT2D eigenvalue weighted by molar-refractivity contribution is 0.356. The highest BCUT2D eigenvalue weighted by atomic mass is 32.1. The third-order valence-corrected chi connectivity index (χ3v) is 2.96. The molecule has 5 heteroatoms. The fourth-order valence-electron chi connectivity index (χ4n) is 1.72. The van der Waals surface area contributed by atoms with Crippen LogP contribution in [0.4, 0.5) is 5.13 Å². The highest BCUT2D eigenvalue weighted by Crippen LogP contribution is 2.17. The van der Waals surface area contributed by atoms with E-state index in [1.165, 1.54) is 0 Å². The third-order valence-electron chi connectivity index (χ3n) is 2.20. The van der Waals surface area contributed by atoms with Crippen molar-refractivity contribution in [1.29, 1.82) is 0 Å². The van der Waals surface area contributed by atoms with Gasteiger partial charge in [-0.2, -0.15) is 0 Å². The Bertz CT molecular complexity index is 299. The average Bonchev–Trinajstić information content (AvgIpc) is 2.48. The number of aryl methyl sites for hydroxylation is 1. The topological polar surface area (TPSA) is 41.1 Å². The predicted molar refractivity (Wildman–Crippen MR) is 70.1 cm³/mol. The van der Waals surface area contributed by atoms with Crippen molar-refractivity contribution >= 4 is 16.5 Å². The summed E-state index contributed by atoms with van der Waals surface area (Å²) in [6, 6.07) is 0.447. The molecule has 92 valence electrons. The van der Waals surface area contributed by atoms with Gasteiger partial charge in [0.05, 0.1) is 0 Å². The van der Waals surface area contributed by atoms with Gasteiger partial charge in [0.1, 0.15) is 5.01 Å². The summed E-state index contributed by atoms with van der Waals surface area (Å²) in [6.07, 6.45) is 1.15. The Kier molecular flexibility index (Phi) is 5.15. The summed E-state index contributed by atoms with van der Waals surface area (Å²) in [4.78, 5) is 2.20. The van der Waals surface area contributed by atoms with Crippen molar-refractivity contribution in [3.63, 3.8) is 0 Å². The summed E-state index contributed by atoms with van der Waals surface area (Å²) in [5.74, 6) is 0.687. The highest BCUT2D eigenvalue weighted by Gasteiger charge is 2.13. The molecule has 1 atom stereocenters. The molecule has 0 saturated carbocycles. The highest BCUT2D eigenvalue weighted by molar-refractivity contribution is 7.15. The van der Waals surface area contributed by atoms with Crippen LogP contribution in [0.5, 0.6) is 0 Å². The largest absolute Gasteiger partial charge is 0.356 e. The summed E-state index contributed by atoms with van der Waals surface area (Å²) in [6.45, 7) is 7.49. The SMILES string of the molecule is Cc1nnc(NC(CC(C)C)CN(C)C)s1. The minimum absolute atomic E-state index is 0.447. The molecule has 0 amide bonds. The second kappa shape index (κ2) is 6.15. The van der Waals surface area contributed by atoms with E-state index >= 15 is 0 Å². The van der Waals surface area contributed by atoms with Gasteiger partial charge in [-0.15, -0.1) is 10.2 Å². The fourth-order valence-corrected chi connectivity index (χ4v) is 2.39. The molecule has 0 aromatic carbocycles. The summed E-state index contributed by atoms with van der Waals surface area (Å²) >= 11 is 1.62. The van der Waals surface area contributed by atoms with Gasteiger partial charge in [-0.3, -0.25) is 0 Å². The lowest BCUT2D eigenvalue weighted by atomic mass is 10.0. The molecular weight excluding hydrogens is 220 g/mol. The van der Waals surface area contributed by atoms with Gasteiger partial charge in [-0.1, -0.05) is 25.2 Å². The van der Waals surface area contributed by atoms with Crippen molar-refractivity contribution in [2.75, 3.05) is 26.0 Å². The van der Waals surface area contributed by atoms with Crippen molar-refractivity contribution in [3.8, 4) is 0 Å². The van der Waals surface area contributed by atoms with Crippen LogP contribution in [0.3, 0.4) is 0 Å². The molecule has 0 bridgehead atoms. The van der Waals surface area contributed by atoms with Crippen LogP contribution in [-0.2, 0) is 0 Å². The smallest absolute Gasteiger partial charge is 0.205 e. The summed E-state index contributed by atoms with van der Waals surface area (Å²) < 4.78 is 0. The number of nitrogens with one attached hydrogen (secondary N) is 1. The Morgan fingerprint density at radius 2 is 2.00 bits per heavy atom. The Hall–Kier alpha value is -0.680. The first-order valence-corrected chi connectivity index (χ1v) is 6.50. The van der Waals surface area contributed by atoms with Crippen molar-refractivity contribution in [2.24, 2.45) is 5.92 Å². The first-order chi connectivity index (χ1) is 7.47. The summed E-state index contributed by atoms with van der Waals surface area (Å²) in [7, 11) is 4.20. The van der Waals surface area contributed by atoms with Gasteiger partial charge in [0, 0.05) is 12.6 Å². The lowest BCUT2D eigenvalue weighted by Crippen LogP contribution is -2.33. The molecule has 0 saturated heterocycles. The number of likely N-dealkylation sites (N-methyl/N-ethyl adjacent to an activating group) is 1. The quantitative estimate of drug-likeness (QED) is 0.830. The molecule has 1 rings (SSSR count). The maximum absolute atomic E-state index is 4.11. The van der Waals surface area contributed by atoms with E-state index in [0.717, 1.165) is 23.1 Å². The Labute approximate surface area is 102 Å².